The molecule has 0 saturated heterocycles. The van der Waals surface area contributed by atoms with Crippen molar-refractivity contribution in [2.45, 2.75) is 57.9 Å². The highest BCUT2D eigenvalue weighted by atomic mass is 32.1. The molecule has 4 nitrogen and oxygen atoms in total. The molecule has 4 aliphatic carbocycles. The molecule has 1 atom stereocenters. The minimum absolute atomic E-state index is 0.0913. The summed E-state index contributed by atoms with van der Waals surface area (Å²) in [4.78, 5) is 18.4. The fraction of sp³-hybridized carbons (Fsp3) is 0.467. The molecular formula is C30H34N2O2S. The number of carbonyl (C=O) groups excluding carboxylic acids is 1. The molecule has 1 unspecified atom stereocenters. The molecule has 1 N–H and O–H groups in total. The van der Waals surface area contributed by atoms with Gasteiger partial charge in [0.1, 0.15) is 10.8 Å². The van der Waals surface area contributed by atoms with Crippen molar-refractivity contribution < 1.29 is 9.53 Å². The number of para-hydroxylation sites is 2. The summed E-state index contributed by atoms with van der Waals surface area (Å²) in [6.07, 6.45) is 10.5. The maximum Gasteiger partial charge on any atom is 0.224 e. The van der Waals surface area contributed by atoms with Gasteiger partial charge in [0.15, 0.2) is 0 Å². The van der Waals surface area contributed by atoms with Gasteiger partial charge in [-0.3, -0.25) is 4.79 Å². The van der Waals surface area contributed by atoms with Gasteiger partial charge in [-0.05, 0) is 98.5 Å². The van der Waals surface area contributed by atoms with Crippen LogP contribution in [0.25, 0.3) is 21.9 Å². The fourth-order valence-electron chi connectivity index (χ4n) is 7.50. The number of hydrogen-bond donors (Lipinski definition) is 1. The van der Waals surface area contributed by atoms with E-state index in [9.17, 15) is 4.79 Å². The van der Waals surface area contributed by atoms with E-state index >= 15 is 0 Å². The molecule has 1 aromatic heterocycles. The van der Waals surface area contributed by atoms with Crippen molar-refractivity contribution in [3.8, 4) is 5.75 Å². The fourth-order valence-corrected chi connectivity index (χ4v) is 8.48. The van der Waals surface area contributed by atoms with E-state index in [1.54, 1.807) is 18.4 Å². The lowest BCUT2D eigenvalue weighted by atomic mass is 9.48. The number of nitrogens with one attached hydrogen (secondary N) is 1. The summed E-state index contributed by atoms with van der Waals surface area (Å²) in [5.74, 6) is 3.53. The number of ether oxygens (including phenoxy) is 1. The van der Waals surface area contributed by atoms with Gasteiger partial charge in [-0.15, -0.1) is 11.3 Å². The molecule has 182 valence electrons. The number of rotatable bonds is 7. The second kappa shape index (κ2) is 9.09. The standard InChI is InChI=1S/C30H34N2O2S/c1-19(30-16-20-11-21(17-30)13-22(12-20)18-30)31-28(33)15-24(14-23-7-3-5-9-26(23)34-2)29-32-25-8-4-6-10-27(25)35-29/h3-10,14,19-22H,11-13,15-18H2,1-2H3,(H,31,33)/b24-14-. The van der Waals surface area contributed by atoms with Crippen molar-refractivity contribution in [1.29, 1.82) is 0 Å². The first-order chi connectivity index (χ1) is 17.0. The van der Waals surface area contributed by atoms with Gasteiger partial charge in [0.25, 0.3) is 0 Å². The molecule has 5 heteroatoms. The number of benzene rings is 2. The molecule has 2 aromatic carbocycles. The van der Waals surface area contributed by atoms with E-state index in [0.29, 0.717) is 11.8 Å². The molecule has 4 fully saturated rings. The third kappa shape index (κ3) is 4.40. The van der Waals surface area contributed by atoms with Gasteiger partial charge < -0.3 is 10.1 Å². The first-order valence-electron chi connectivity index (χ1n) is 13.0. The zero-order valence-corrected chi connectivity index (χ0v) is 21.4. The molecule has 1 heterocycles. The van der Waals surface area contributed by atoms with Crippen molar-refractivity contribution in [2.75, 3.05) is 7.11 Å². The van der Waals surface area contributed by atoms with Crippen LogP contribution in [0.4, 0.5) is 0 Å². The summed E-state index contributed by atoms with van der Waals surface area (Å²) >= 11 is 1.65. The first kappa shape index (κ1) is 22.8. The highest BCUT2D eigenvalue weighted by Crippen LogP contribution is 2.61. The minimum Gasteiger partial charge on any atom is -0.496 e. The number of thiazole rings is 1. The van der Waals surface area contributed by atoms with Gasteiger partial charge in [0.2, 0.25) is 5.91 Å². The third-order valence-corrected chi connectivity index (χ3v) is 9.88. The van der Waals surface area contributed by atoms with E-state index in [1.807, 2.05) is 42.5 Å². The summed E-state index contributed by atoms with van der Waals surface area (Å²) in [5, 5.41) is 4.35. The van der Waals surface area contributed by atoms with Crippen LogP contribution in [0.2, 0.25) is 0 Å². The van der Waals surface area contributed by atoms with Gasteiger partial charge in [0.05, 0.1) is 23.7 Å². The summed E-state index contributed by atoms with van der Waals surface area (Å²) in [5.41, 5.74) is 3.17. The summed E-state index contributed by atoms with van der Waals surface area (Å²) < 4.78 is 6.72. The zero-order valence-electron chi connectivity index (χ0n) is 20.6. The number of nitrogens with zero attached hydrogens (tertiary/aromatic N) is 1. The Morgan fingerprint density at radius 3 is 2.43 bits per heavy atom. The Morgan fingerprint density at radius 2 is 1.74 bits per heavy atom. The SMILES string of the molecule is COc1ccccc1/C=C(/CC(=O)NC(C)C12CC3CC(CC(C3)C1)C2)c1nc2ccccc2s1. The maximum absolute atomic E-state index is 13.5. The predicted octanol–water partition coefficient (Wildman–Crippen LogP) is 6.96. The lowest BCUT2D eigenvalue weighted by molar-refractivity contribution is -0.124. The van der Waals surface area contributed by atoms with Crippen molar-refractivity contribution in [1.82, 2.24) is 10.3 Å². The number of fused-ring (bicyclic) bond motifs is 1. The Kier molecular flexibility index (Phi) is 5.92. The summed E-state index contributed by atoms with van der Waals surface area (Å²) in [6.45, 7) is 2.26. The van der Waals surface area contributed by atoms with Crippen LogP contribution in [0.1, 0.15) is 62.4 Å². The maximum atomic E-state index is 13.5. The number of methoxy groups -OCH3 is 1. The average Bonchev–Trinajstić information content (AvgIpc) is 3.27. The molecule has 4 saturated carbocycles. The summed E-state index contributed by atoms with van der Waals surface area (Å²) in [6, 6.07) is 16.3. The Morgan fingerprint density at radius 1 is 1.09 bits per heavy atom. The van der Waals surface area contributed by atoms with Gasteiger partial charge >= 0.3 is 0 Å². The van der Waals surface area contributed by atoms with Crippen LogP contribution in [0, 0.1) is 23.2 Å². The van der Waals surface area contributed by atoms with Crippen LogP contribution in [0.3, 0.4) is 0 Å². The lowest BCUT2D eigenvalue weighted by Crippen LogP contribution is -2.55. The molecule has 7 rings (SSSR count). The normalized spacial score (nSPS) is 28.3. The monoisotopic (exact) mass is 486 g/mol. The molecule has 0 spiro atoms. The minimum atomic E-state index is 0.0913. The van der Waals surface area contributed by atoms with Crippen LogP contribution >= 0.6 is 11.3 Å². The summed E-state index contributed by atoms with van der Waals surface area (Å²) in [7, 11) is 1.68. The average molecular weight is 487 g/mol. The first-order valence-corrected chi connectivity index (χ1v) is 13.8. The second-order valence-corrected chi connectivity index (χ2v) is 12.2. The molecule has 4 bridgehead atoms. The van der Waals surface area contributed by atoms with E-state index in [1.165, 1.54) is 38.5 Å². The van der Waals surface area contributed by atoms with Crippen molar-refractivity contribution in [3.63, 3.8) is 0 Å². The molecule has 3 aromatic rings. The highest BCUT2D eigenvalue weighted by Gasteiger charge is 2.53. The van der Waals surface area contributed by atoms with Crippen LogP contribution in [-0.2, 0) is 4.79 Å². The Labute approximate surface area is 211 Å². The second-order valence-electron chi connectivity index (χ2n) is 11.1. The molecular weight excluding hydrogens is 452 g/mol. The topological polar surface area (TPSA) is 51.2 Å². The van der Waals surface area contributed by atoms with Crippen LogP contribution in [0.5, 0.6) is 5.75 Å². The molecule has 0 aliphatic heterocycles. The van der Waals surface area contributed by atoms with Gasteiger partial charge in [-0.1, -0.05) is 30.3 Å². The van der Waals surface area contributed by atoms with Crippen molar-refractivity contribution >= 4 is 39.1 Å². The van der Waals surface area contributed by atoms with Gasteiger partial charge in [-0.25, -0.2) is 4.98 Å². The quantitative estimate of drug-likeness (QED) is 0.393. The Hall–Kier alpha value is -2.66. The number of hydrogen-bond acceptors (Lipinski definition) is 4. The van der Waals surface area contributed by atoms with E-state index in [-0.39, 0.29) is 11.9 Å². The third-order valence-electron chi connectivity index (χ3n) is 8.77. The molecule has 1 amide bonds. The smallest absolute Gasteiger partial charge is 0.224 e. The number of carbonyl (C=O) groups is 1. The highest BCUT2D eigenvalue weighted by molar-refractivity contribution is 7.19. The predicted molar refractivity (Wildman–Crippen MR) is 143 cm³/mol. The molecule has 0 radical (unpaired) electrons. The van der Waals surface area contributed by atoms with Gasteiger partial charge in [-0.2, -0.15) is 0 Å². The Bertz CT molecular complexity index is 1210. The van der Waals surface area contributed by atoms with E-state index in [0.717, 1.165) is 49.9 Å². The van der Waals surface area contributed by atoms with Crippen molar-refractivity contribution in [3.05, 3.63) is 59.1 Å². The van der Waals surface area contributed by atoms with Gasteiger partial charge in [0, 0.05) is 11.6 Å². The van der Waals surface area contributed by atoms with Crippen LogP contribution < -0.4 is 10.1 Å². The Balaban J connectivity index is 1.26. The van der Waals surface area contributed by atoms with E-state index in [2.05, 4.69) is 24.4 Å². The number of amides is 1. The van der Waals surface area contributed by atoms with E-state index in [4.69, 9.17) is 9.72 Å². The number of aromatic nitrogens is 1. The lowest BCUT2D eigenvalue weighted by Gasteiger charge is -2.59. The largest absolute Gasteiger partial charge is 0.496 e. The van der Waals surface area contributed by atoms with Crippen LogP contribution in [-0.4, -0.2) is 24.0 Å². The van der Waals surface area contributed by atoms with Crippen LogP contribution in [0.15, 0.2) is 48.5 Å². The molecule has 4 aliphatic rings. The van der Waals surface area contributed by atoms with E-state index < -0.39 is 0 Å². The molecule has 35 heavy (non-hydrogen) atoms. The zero-order chi connectivity index (χ0) is 24.0. The van der Waals surface area contributed by atoms with Crippen molar-refractivity contribution in [2.24, 2.45) is 23.2 Å².